The van der Waals surface area contributed by atoms with Gasteiger partial charge in [-0.2, -0.15) is 0 Å². The minimum atomic E-state index is -0.269. The summed E-state index contributed by atoms with van der Waals surface area (Å²) in [6.07, 6.45) is 0. The lowest BCUT2D eigenvalue weighted by Crippen LogP contribution is -2.36. The van der Waals surface area contributed by atoms with Gasteiger partial charge in [0.05, 0.1) is 20.3 Å². The maximum absolute atomic E-state index is 11.5. The average Bonchev–Trinajstić information content (AvgIpc) is 2.90. The fourth-order valence-corrected chi connectivity index (χ4v) is 3.25. The number of thiophene rings is 1. The van der Waals surface area contributed by atoms with Gasteiger partial charge in [-0.05, 0) is 23.6 Å². The molecule has 0 N–H and O–H groups in total. The van der Waals surface area contributed by atoms with Crippen LogP contribution < -0.4 is 4.90 Å². The molecule has 1 aromatic carbocycles. The van der Waals surface area contributed by atoms with Crippen molar-refractivity contribution in [1.82, 2.24) is 0 Å². The van der Waals surface area contributed by atoms with Crippen LogP contribution in [0, 0.1) is 0 Å². The monoisotopic (exact) mass is 277 g/mol. The molecule has 2 aromatic rings. The van der Waals surface area contributed by atoms with Crippen LogP contribution in [0.15, 0.2) is 24.3 Å². The molecule has 5 heteroatoms. The summed E-state index contributed by atoms with van der Waals surface area (Å²) in [4.78, 5) is 14.5. The van der Waals surface area contributed by atoms with E-state index in [-0.39, 0.29) is 5.97 Å². The van der Waals surface area contributed by atoms with Gasteiger partial charge in [-0.25, -0.2) is 4.79 Å². The van der Waals surface area contributed by atoms with E-state index in [1.165, 1.54) is 24.1 Å². The highest BCUT2D eigenvalue weighted by atomic mass is 32.1. The molecule has 19 heavy (non-hydrogen) atoms. The van der Waals surface area contributed by atoms with E-state index in [1.807, 2.05) is 6.07 Å². The summed E-state index contributed by atoms with van der Waals surface area (Å²) in [5, 5.41) is 1.09. The number of carbonyl (C=O) groups is 1. The van der Waals surface area contributed by atoms with Crippen molar-refractivity contribution in [1.29, 1.82) is 0 Å². The Hall–Kier alpha value is -1.59. The van der Waals surface area contributed by atoms with E-state index in [1.54, 1.807) is 0 Å². The van der Waals surface area contributed by atoms with Crippen LogP contribution in [-0.2, 0) is 9.47 Å². The van der Waals surface area contributed by atoms with Crippen LogP contribution in [0.2, 0.25) is 0 Å². The molecule has 3 rings (SSSR count). The first-order valence-corrected chi connectivity index (χ1v) is 7.04. The number of hydrogen-bond acceptors (Lipinski definition) is 5. The van der Waals surface area contributed by atoms with Crippen LogP contribution in [0.5, 0.6) is 0 Å². The van der Waals surface area contributed by atoms with Crippen molar-refractivity contribution in [2.24, 2.45) is 0 Å². The molecule has 0 bridgehead atoms. The number of morpholine rings is 1. The lowest BCUT2D eigenvalue weighted by atomic mass is 10.2. The third-order valence-corrected chi connectivity index (χ3v) is 4.34. The number of nitrogens with zero attached hydrogens (tertiary/aromatic N) is 1. The molecular formula is C14H15NO3S. The second-order valence-electron chi connectivity index (χ2n) is 4.42. The Bertz CT molecular complexity index is 602. The van der Waals surface area contributed by atoms with Crippen LogP contribution in [-0.4, -0.2) is 39.4 Å². The van der Waals surface area contributed by atoms with Crippen molar-refractivity contribution in [2.45, 2.75) is 0 Å². The molecule has 1 aliphatic rings. The summed E-state index contributed by atoms with van der Waals surface area (Å²) in [5.41, 5.74) is 1.19. The predicted octanol–water partition coefficient (Wildman–Crippen LogP) is 2.52. The number of fused-ring (bicyclic) bond motifs is 1. The van der Waals surface area contributed by atoms with E-state index in [4.69, 9.17) is 9.47 Å². The molecule has 100 valence electrons. The first kappa shape index (κ1) is 12.4. The average molecular weight is 277 g/mol. The van der Waals surface area contributed by atoms with Crippen LogP contribution in [0.25, 0.3) is 10.1 Å². The van der Waals surface area contributed by atoms with Gasteiger partial charge in [0.25, 0.3) is 0 Å². The Morgan fingerprint density at radius 3 is 2.84 bits per heavy atom. The smallest absolute Gasteiger partial charge is 0.348 e. The molecule has 0 radical (unpaired) electrons. The maximum Gasteiger partial charge on any atom is 0.348 e. The zero-order valence-electron chi connectivity index (χ0n) is 10.7. The lowest BCUT2D eigenvalue weighted by molar-refractivity contribution is 0.0606. The second kappa shape index (κ2) is 5.19. The maximum atomic E-state index is 11.5. The molecule has 0 saturated carbocycles. The van der Waals surface area contributed by atoms with E-state index in [2.05, 4.69) is 23.1 Å². The molecule has 0 spiro atoms. The number of methoxy groups -OCH3 is 1. The number of rotatable bonds is 2. The third kappa shape index (κ3) is 2.43. The van der Waals surface area contributed by atoms with Crippen molar-refractivity contribution in [3.05, 3.63) is 29.1 Å². The van der Waals surface area contributed by atoms with Gasteiger partial charge in [0, 0.05) is 23.5 Å². The fraction of sp³-hybridized carbons (Fsp3) is 0.357. The van der Waals surface area contributed by atoms with Crippen molar-refractivity contribution < 1.29 is 14.3 Å². The van der Waals surface area contributed by atoms with E-state index < -0.39 is 0 Å². The van der Waals surface area contributed by atoms with Gasteiger partial charge in [-0.15, -0.1) is 11.3 Å². The Balaban J connectivity index is 1.93. The summed E-state index contributed by atoms with van der Waals surface area (Å²) >= 11 is 1.48. The number of esters is 1. The summed E-state index contributed by atoms with van der Waals surface area (Å²) in [6, 6.07) is 8.18. The van der Waals surface area contributed by atoms with Gasteiger partial charge in [-0.1, -0.05) is 6.07 Å². The van der Waals surface area contributed by atoms with Crippen LogP contribution >= 0.6 is 11.3 Å². The van der Waals surface area contributed by atoms with E-state index >= 15 is 0 Å². The summed E-state index contributed by atoms with van der Waals surface area (Å²) < 4.78 is 11.2. The van der Waals surface area contributed by atoms with Crippen LogP contribution in [0.1, 0.15) is 9.67 Å². The molecule has 0 atom stereocenters. The van der Waals surface area contributed by atoms with E-state index in [0.29, 0.717) is 4.88 Å². The van der Waals surface area contributed by atoms with Crippen molar-refractivity contribution in [3.8, 4) is 0 Å². The molecule has 4 nitrogen and oxygen atoms in total. The Labute approximate surface area is 115 Å². The fourth-order valence-electron chi connectivity index (χ4n) is 2.24. The second-order valence-corrected chi connectivity index (χ2v) is 5.51. The molecule has 0 amide bonds. The van der Waals surface area contributed by atoms with Gasteiger partial charge in [0.15, 0.2) is 0 Å². The Morgan fingerprint density at radius 2 is 2.11 bits per heavy atom. The minimum absolute atomic E-state index is 0.269. The highest BCUT2D eigenvalue weighted by Gasteiger charge is 2.14. The quantitative estimate of drug-likeness (QED) is 0.791. The van der Waals surface area contributed by atoms with Gasteiger partial charge < -0.3 is 14.4 Å². The van der Waals surface area contributed by atoms with Crippen molar-refractivity contribution in [2.75, 3.05) is 38.3 Å². The zero-order valence-corrected chi connectivity index (χ0v) is 11.5. The SMILES string of the molecule is COC(=O)c1cc2ccc(N3CCOCC3)cc2s1. The first-order chi connectivity index (χ1) is 9.28. The van der Waals surface area contributed by atoms with Crippen molar-refractivity contribution in [3.63, 3.8) is 0 Å². The molecule has 1 saturated heterocycles. The topological polar surface area (TPSA) is 38.8 Å². The number of hydrogen-bond donors (Lipinski definition) is 0. The van der Waals surface area contributed by atoms with Gasteiger partial charge in [-0.3, -0.25) is 0 Å². The minimum Gasteiger partial charge on any atom is -0.465 e. The molecule has 0 aliphatic carbocycles. The lowest BCUT2D eigenvalue weighted by Gasteiger charge is -2.28. The normalized spacial score (nSPS) is 15.7. The first-order valence-electron chi connectivity index (χ1n) is 6.22. The molecule has 1 aliphatic heterocycles. The highest BCUT2D eigenvalue weighted by Crippen LogP contribution is 2.30. The molecule has 1 aromatic heterocycles. The highest BCUT2D eigenvalue weighted by molar-refractivity contribution is 7.20. The zero-order chi connectivity index (χ0) is 13.2. The summed E-state index contributed by atoms with van der Waals surface area (Å²) in [7, 11) is 1.41. The molecule has 2 heterocycles. The van der Waals surface area contributed by atoms with Crippen LogP contribution in [0.4, 0.5) is 5.69 Å². The largest absolute Gasteiger partial charge is 0.465 e. The van der Waals surface area contributed by atoms with E-state index in [0.717, 1.165) is 36.4 Å². The molecule has 1 fully saturated rings. The predicted molar refractivity (Wildman–Crippen MR) is 76.2 cm³/mol. The van der Waals surface area contributed by atoms with Gasteiger partial charge in [0.1, 0.15) is 4.88 Å². The summed E-state index contributed by atoms with van der Waals surface area (Å²) in [6.45, 7) is 3.38. The number of ether oxygens (including phenoxy) is 2. The Kier molecular flexibility index (Phi) is 3.40. The molecule has 0 unspecified atom stereocenters. The number of anilines is 1. The molecular weight excluding hydrogens is 262 g/mol. The summed E-state index contributed by atoms with van der Waals surface area (Å²) in [5.74, 6) is -0.269. The number of benzene rings is 1. The number of carbonyl (C=O) groups excluding carboxylic acids is 1. The van der Waals surface area contributed by atoms with Crippen molar-refractivity contribution >= 4 is 33.1 Å². The Morgan fingerprint density at radius 1 is 1.32 bits per heavy atom. The van der Waals surface area contributed by atoms with E-state index in [9.17, 15) is 4.79 Å². The van der Waals surface area contributed by atoms with Gasteiger partial charge >= 0.3 is 5.97 Å². The third-order valence-electron chi connectivity index (χ3n) is 3.27. The van der Waals surface area contributed by atoms with Gasteiger partial charge in [0.2, 0.25) is 0 Å². The van der Waals surface area contributed by atoms with Crippen LogP contribution in [0.3, 0.4) is 0 Å². The standard InChI is InChI=1S/C14H15NO3S/c1-17-14(16)13-8-10-2-3-11(9-12(10)19-13)15-4-6-18-7-5-15/h2-3,8-9H,4-7H2,1H3.